The molecule has 160 valence electrons. The molecule has 3 aromatic rings. The van der Waals surface area contributed by atoms with E-state index in [0.717, 1.165) is 24.9 Å². The summed E-state index contributed by atoms with van der Waals surface area (Å²) in [6, 6.07) is 18.2. The average Bonchev–Trinajstić information content (AvgIpc) is 2.78. The lowest BCUT2D eigenvalue weighted by molar-refractivity contribution is 0.1000. The summed E-state index contributed by atoms with van der Waals surface area (Å²) in [4.78, 5) is 17.6. The monoisotopic (exact) mass is 531 g/mol. The molecule has 7 heteroatoms. The number of hydrogen-bond acceptors (Lipinski definition) is 4. The Morgan fingerprint density at radius 3 is 2.61 bits per heavy atom. The van der Waals surface area contributed by atoms with Gasteiger partial charge in [-0.1, -0.05) is 52.9 Å². The van der Waals surface area contributed by atoms with Crippen LogP contribution in [0.3, 0.4) is 0 Å². The fourth-order valence-corrected chi connectivity index (χ4v) is 5.11. The number of carbonyl (C=O) groups is 1. The molecule has 2 unspecified atom stereocenters. The van der Waals surface area contributed by atoms with Crippen LogP contribution < -0.4 is 10.5 Å². The number of ether oxygens (including phenoxy) is 1. The van der Waals surface area contributed by atoms with E-state index in [1.807, 2.05) is 24.3 Å². The van der Waals surface area contributed by atoms with E-state index in [4.69, 9.17) is 10.5 Å². The molecule has 0 aliphatic carbocycles. The molecule has 1 aromatic heterocycles. The van der Waals surface area contributed by atoms with Crippen LogP contribution in [0.1, 0.15) is 40.2 Å². The van der Waals surface area contributed by atoms with Gasteiger partial charge in [-0.2, -0.15) is 0 Å². The van der Waals surface area contributed by atoms with Gasteiger partial charge in [-0.25, -0.2) is 9.37 Å². The van der Waals surface area contributed by atoms with Crippen LogP contribution in [0.2, 0.25) is 0 Å². The molecule has 2 atom stereocenters. The van der Waals surface area contributed by atoms with Crippen LogP contribution in [-0.2, 0) is 6.54 Å². The van der Waals surface area contributed by atoms with Crippen molar-refractivity contribution in [3.05, 3.63) is 89.4 Å². The highest BCUT2D eigenvalue weighted by Gasteiger charge is 2.30. The highest BCUT2D eigenvalue weighted by molar-refractivity contribution is 14.1. The quantitative estimate of drug-likeness (QED) is 0.268. The third-order valence-corrected chi connectivity index (χ3v) is 7.18. The van der Waals surface area contributed by atoms with Crippen LogP contribution >= 0.6 is 22.6 Å². The van der Waals surface area contributed by atoms with Crippen molar-refractivity contribution in [3.8, 4) is 11.6 Å². The third-order valence-electron chi connectivity index (χ3n) is 5.52. The molecule has 0 saturated carbocycles. The first-order valence-corrected chi connectivity index (χ1v) is 11.4. The minimum absolute atomic E-state index is 0.146. The third kappa shape index (κ3) is 5.22. The Labute approximate surface area is 194 Å². The number of aromatic nitrogens is 1. The molecule has 1 aliphatic rings. The fourth-order valence-electron chi connectivity index (χ4n) is 3.86. The largest absolute Gasteiger partial charge is 0.439 e. The van der Waals surface area contributed by atoms with Crippen LogP contribution in [-0.4, -0.2) is 26.4 Å². The molecule has 4 rings (SSSR count). The van der Waals surface area contributed by atoms with Gasteiger partial charge >= 0.3 is 0 Å². The van der Waals surface area contributed by atoms with E-state index in [9.17, 15) is 9.18 Å². The maximum absolute atomic E-state index is 14.1. The second-order valence-corrected chi connectivity index (χ2v) is 8.88. The van der Waals surface area contributed by atoms with Gasteiger partial charge in [0.25, 0.3) is 0 Å². The van der Waals surface area contributed by atoms with Crippen LogP contribution in [0.4, 0.5) is 4.39 Å². The van der Waals surface area contributed by atoms with Gasteiger partial charge in [-0.15, -0.1) is 0 Å². The predicted molar refractivity (Wildman–Crippen MR) is 126 cm³/mol. The van der Waals surface area contributed by atoms with E-state index >= 15 is 0 Å². The second-order valence-electron chi connectivity index (χ2n) is 7.60. The molecule has 2 heterocycles. The number of amides is 1. The van der Waals surface area contributed by atoms with Gasteiger partial charge in [0.2, 0.25) is 11.8 Å². The van der Waals surface area contributed by atoms with Crippen LogP contribution in [0.25, 0.3) is 0 Å². The second kappa shape index (κ2) is 9.74. The van der Waals surface area contributed by atoms with Gasteiger partial charge in [0, 0.05) is 30.3 Å². The molecule has 1 aliphatic heterocycles. The summed E-state index contributed by atoms with van der Waals surface area (Å²) in [6.07, 6.45) is 3.57. The molecule has 0 radical (unpaired) electrons. The molecule has 1 amide bonds. The number of piperidine rings is 1. The Hall–Kier alpha value is -2.52. The number of pyridine rings is 1. The fraction of sp³-hybridized carbons (Fsp3) is 0.250. The zero-order valence-corrected chi connectivity index (χ0v) is 19.0. The Morgan fingerprint density at radius 2 is 1.94 bits per heavy atom. The van der Waals surface area contributed by atoms with Crippen LogP contribution in [0.5, 0.6) is 11.6 Å². The molecule has 1 saturated heterocycles. The summed E-state index contributed by atoms with van der Waals surface area (Å²) in [5, 5.41) is 0. The van der Waals surface area contributed by atoms with Crippen molar-refractivity contribution in [1.29, 1.82) is 0 Å². The molecule has 2 N–H and O–H groups in total. The molecule has 0 bridgehead atoms. The van der Waals surface area contributed by atoms with Gasteiger partial charge in [0.1, 0.15) is 11.6 Å². The maximum Gasteiger partial charge on any atom is 0.250 e. The summed E-state index contributed by atoms with van der Waals surface area (Å²) < 4.78 is 20.2. The summed E-state index contributed by atoms with van der Waals surface area (Å²) in [6.45, 7) is 1.58. The summed E-state index contributed by atoms with van der Waals surface area (Å²) in [7, 11) is 0. The van der Waals surface area contributed by atoms with Crippen molar-refractivity contribution in [1.82, 2.24) is 9.88 Å². The Kier molecular flexibility index (Phi) is 6.82. The zero-order valence-electron chi connectivity index (χ0n) is 16.9. The number of carbonyl (C=O) groups excluding carboxylic acids is 1. The first-order chi connectivity index (χ1) is 15.0. The number of halogens is 2. The number of rotatable bonds is 6. The van der Waals surface area contributed by atoms with Crippen molar-refractivity contribution in [3.63, 3.8) is 0 Å². The number of nitrogens with zero attached hydrogens (tertiary/aromatic N) is 2. The standard InChI is InChI=1S/C24H23FIN3O2/c25-21-6-2-1-4-18(21)15-29-13-3-5-20(23(29)26)16-7-10-19(11-8-16)31-22-12-9-17(14-28-22)24(27)30/h1-2,4,6-12,14,20,23H,3,5,13,15H2,(H2,27,30). The van der Waals surface area contributed by atoms with Crippen LogP contribution in [0, 0.1) is 5.82 Å². The first-order valence-electron chi connectivity index (χ1n) is 10.2. The SMILES string of the molecule is NC(=O)c1ccc(Oc2ccc(C3CCCN(Cc4ccccc4F)C3I)cc2)nc1. The topological polar surface area (TPSA) is 68.5 Å². The van der Waals surface area contributed by atoms with Gasteiger partial charge in [-0.3, -0.25) is 9.69 Å². The Morgan fingerprint density at radius 1 is 1.16 bits per heavy atom. The van der Waals surface area contributed by atoms with E-state index < -0.39 is 5.91 Å². The van der Waals surface area contributed by atoms with Crippen molar-refractivity contribution >= 4 is 28.5 Å². The van der Waals surface area contributed by atoms with E-state index in [2.05, 4.69) is 44.6 Å². The van der Waals surface area contributed by atoms with E-state index in [1.165, 1.54) is 17.8 Å². The van der Waals surface area contributed by atoms with Crippen molar-refractivity contribution in [2.24, 2.45) is 5.73 Å². The lowest BCUT2D eigenvalue weighted by atomic mass is 9.90. The van der Waals surface area contributed by atoms with Crippen LogP contribution in [0.15, 0.2) is 66.9 Å². The molecular weight excluding hydrogens is 508 g/mol. The number of hydrogen-bond donors (Lipinski definition) is 1. The lowest BCUT2D eigenvalue weighted by Crippen LogP contribution is -2.39. The normalized spacial score (nSPS) is 19.2. The zero-order chi connectivity index (χ0) is 21.8. The number of likely N-dealkylation sites (tertiary alicyclic amines) is 1. The molecule has 1 fully saturated rings. The number of benzene rings is 2. The minimum Gasteiger partial charge on any atom is -0.439 e. The smallest absolute Gasteiger partial charge is 0.250 e. The molecular formula is C24H23FIN3O2. The van der Waals surface area contributed by atoms with E-state index in [-0.39, 0.29) is 9.87 Å². The Balaban J connectivity index is 1.43. The number of primary amides is 1. The Bertz CT molecular complexity index is 1040. The van der Waals surface area contributed by atoms with Gasteiger partial charge in [0.15, 0.2) is 0 Å². The highest BCUT2D eigenvalue weighted by Crippen LogP contribution is 2.38. The van der Waals surface area contributed by atoms with Gasteiger partial charge in [0.05, 0.1) is 9.61 Å². The maximum atomic E-state index is 14.1. The van der Waals surface area contributed by atoms with Crippen molar-refractivity contribution < 1.29 is 13.9 Å². The molecule has 0 spiro atoms. The van der Waals surface area contributed by atoms with Gasteiger partial charge in [-0.05, 0) is 49.2 Å². The minimum atomic E-state index is -0.520. The van der Waals surface area contributed by atoms with Crippen molar-refractivity contribution in [2.45, 2.75) is 29.4 Å². The van der Waals surface area contributed by atoms with E-state index in [0.29, 0.717) is 29.7 Å². The number of alkyl halides is 1. The predicted octanol–water partition coefficient (Wildman–Crippen LogP) is 5.25. The molecule has 5 nitrogen and oxygen atoms in total. The summed E-state index contributed by atoms with van der Waals surface area (Å²) in [5.41, 5.74) is 7.55. The van der Waals surface area contributed by atoms with Crippen molar-refractivity contribution in [2.75, 3.05) is 6.54 Å². The lowest BCUT2D eigenvalue weighted by Gasteiger charge is -2.38. The first kappa shape index (κ1) is 21.7. The van der Waals surface area contributed by atoms with E-state index in [1.54, 1.807) is 18.2 Å². The van der Waals surface area contributed by atoms with Gasteiger partial charge < -0.3 is 10.5 Å². The average molecular weight is 531 g/mol. The summed E-state index contributed by atoms with van der Waals surface area (Å²) >= 11 is 2.48. The number of nitrogens with two attached hydrogens (primary N) is 1. The summed E-state index contributed by atoms with van der Waals surface area (Å²) in [5.74, 6) is 0.772. The molecule has 2 aromatic carbocycles. The highest BCUT2D eigenvalue weighted by atomic mass is 127. The molecule has 31 heavy (non-hydrogen) atoms.